The second kappa shape index (κ2) is 7.47. The third kappa shape index (κ3) is 3.62. The average molecular weight is 429 g/mol. The van der Waals surface area contributed by atoms with E-state index in [-0.39, 0.29) is 23.8 Å². The van der Waals surface area contributed by atoms with Gasteiger partial charge in [0.05, 0.1) is 15.8 Å². The Kier molecular flexibility index (Phi) is 4.96. The fourth-order valence-electron chi connectivity index (χ4n) is 3.28. The summed E-state index contributed by atoms with van der Waals surface area (Å²) in [6.45, 7) is 2.66. The molecule has 0 saturated carbocycles. The number of pyridine rings is 1. The maximum Gasteiger partial charge on any atom is 0.257 e. The number of carbonyl (C=O) groups excluding carboxylic acids is 1. The molecule has 2 heterocycles. The fourth-order valence-corrected chi connectivity index (χ4v) is 3.79. The minimum Gasteiger partial charge on any atom is -0.454 e. The number of rotatable bonds is 5. The number of fused-ring (bicyclic) bond motifs is 2. The SMILES string of the molecule is CCn1cc(C(=O)NCc2ccc(S(N)(=O)=O)cc2)c(=O)c2cc3c(cc21)OCO3. The topological polar surface area (TPSA) is 130 Å². The van der Waals surface area contributed by atoms with Crippen molar-refractivity contribution in [1.29, 1.82) is 0 Å². The molecule has 10 heteroatoms. The smallest absolute Gasteiger partial charge is 0.257 e. The van der Waals surface area contributed by atoms with Crippen LogP contribution in [-0.2, 0) is 23.1 Å². The first-order chi connectivity index (χ1) is 14.3. The lowest BCUT2D eigenvalue weighted by molar-refractivity contribution is 0.0949. The quantitative estimate of drug-likeness (QED) is 0.629. The first-order valence-electron chi connectivity index (χ1n) is 9.14. The van der Waals surface area contributed by atoms with Crippen molar-refractivity contribution in [3.63, 3.8) is 0 Å². The molecule has 3 N–H and O–H groups in total. The normalized spacial score (nSPS) is 12.9. The first kappa shape index (κ1) is 19.9. The Labute approximate surface area is 172 Å². The number of nitrogens with two attached hydrogens (primary N) is 1. The van der Waals surface area contributed by atoms with Gasteiger partial charge in [0.2, 0.25) is 22.2 Å². The molecule has 9 nitrogen and oxygen atoms in total. The number of nitrogens with one attached hydrogen (secondary N) is 1. The molecule has 0 spiro atoms. The highest BCUT2D eigenvalue weighted by Gasteiger charge is 2.20. The van der Waals surface area contributed by atoms with Crippen LogP contribution < -0.4 is 25.4 Å². The van der Waals surface area contributed by atoms with Gasteiger partial charge in [0.25, 0.3) is 5.91 Å². The van der Waals surface area contributed by atoms with E-state index in [1.807, 2.05) is 6.92 Å². The van der Waals surface area contributed by atoms with Gasteiger partial charge in [0, 0.05) is 25.4 Å². The average Bonchev–Trinajstić information content (AvgIpc) is 3.18. The molecule has 30 heavy (non-hydrogen) atoms. The molecule has 0 aliphatic carbocycles. The van der Waals surface area contributed by atoms with Gasteiger partial charge in [-0.2, -0.15) is 0 Å². The van der Waals surface area contributed by atoms with Gasteiger partial charge in [-0.1, -0.05) is 12.1 Å². The van der Waals surface area contributed by atoms with Crippen molar-refractivity contribution >= 4 is 26.8 Å². The van der Waals surface area contributed by atoms with Crippen LogP contribution in [0.4, 0.5) is 0 Å². The van der Waals surface area contributed by atoms with E-state index < -0.39 is 21.4 Å². The largest absolute Gasteiger partial charge is 0.454 e. The Balaban J connectivity index is 1.62. The van der Waals surface area contributed by atoms with Crippen LogP contribution in [0.25, 0.3) is 10.9 Å². The van der Waals surface area contributed by atoms with Crippen LogP contribution in [0.3, 0.4) is 0 Å². The van der Waals surface area contributed by atoms with E-state index in [2.05, 4.69) is 5.32 Å². The number of nitrogens with zero attached hydrogens (tertiary/aromatic N) is 1. The number of hydrogen-bond acceptors (Lipinski definition) is 6. The second-order valence-electron chi connectivity index (χ2n) is 6.75. The molecule has 156 valence electrons. The van der Waals surface area contributed by atoms with Crippen LogP contribution >= 0.6 is 0 Å². The zero-order valence-electron chi connectivity index (χ0n) is 16.0. The van der Waals surface area contributed by atoms with E-state index in [0.29, 0.717) is 34.5 Å². The fraction of sp³-hybridized carbons (Fsp3) is 0.200. The van der Waals surface area contributed by atoms with Gasteiger partial charge in [0.1, 0.15) is 5.56 Å². The standard InChI is InChI=1S/C20H19N3O6S/c1-2-23-10-15(19(24)14-7-17-18(8-16(14)23)29-11-28-17)20(25)22-9-12-3-5-13(6-4-12)30(21,26)27/h3-8,10H,2,9,11H2,1H3,(H,22,25)(H2,21,26,27). The van der Waals surface area contributed by atoms with Crippen molar-refractivity contribution in [3.8, 4) is 11.5 Å². The summed E-state index contributed by atoms with van der Waals surface area (Å²) in [4.78, 5) is 25.7. The Morgan fingerprint density at radius 3 is 2.47 bits per heavy atom. The molecule has 1 aliphatic rings. The number of benzene rings is 2. The summed E-state index contributed by atoms with van der Waals surface area (Å²) < 4.78 is 35.2. The van der Waals surface area contributed by atoms with E-state index >= 15 is 0 Å². The Morgan fingerprint density at radius 1 is 1.17 bits per heavy atom. The number of hydrogen-bond donors (Lipinski definition) is 2. The number of aryl methyl sites for hydroxylation is 1. The molecule has 1 aromatic heterocycles. The lowest BCUT2D eigenvalue weighted by Crippen LogP contribution is -2.29. The molecule has 0 bridgehead atoms. The molecule has 0 saturated heterocycles. The summed E-state index contributed by atoms with van der Waals surface area (Å²) in [7, 11) is -3.78. The molecule has 3 aromatic rings. The molecular weight excluding hydrogens is 410 g/mol. The minimum atomic E-state index is -3.78. The summed E-state index contributed by atoms with van der Waals surface area (Å²) in [5.74, 6) is 0.497. The number of ether oxygens (including phenoxy) is 2. The van der Waals surface area contributed by atoms with E-state index in [0.717, 1.165) is 0 Å². The van der Waals surface area contributed by atoms with Crippen LogP contribution in [0, 0.1) is 0 Å². The molecule has 1 aliphatic heterocycles. The van der Waals surface area contributed by atoms with Crippen molar-refractivity contribution in [3.05, 3.63) is 63.9 Å². The first-order valence-corrected chi connectivity index (χ1v) is 10.7. The molecule has 0 atom stereocenters. The van der Waals surface area contributed by atoms with Gasteiger partial charge < -0.3 is 19.4 Å². The predicted octanol–water partition coefficient (Wildman–Crippen LogP) is 1.33. The van der Waals surface area contributed by atoms with Gasteiger partial charge in [-0.15, -0.1) is 0 Å². The van der Waals surface area contributed by atoms with Gasteiger partial charge in [-0.25, -0.2) is 13.6 Å². The monoisotopic (exact) mass is 429 g/mol. The van der Waals surface area contributed by atoms with Crippen molar-refractivity contribution in [2.45, 2.75) is 24.9 Å². The van der Waals surface area contributed by atoms with Crippen molar-refractivity contribution < 1.29 is 22.7 Å². The van der Waals surface area contributed by atoms with E-state index in [1.165, 1.54) is 18.3 Å². The Bertz CT molecular complexity index is 1310. The van der Waals surface area contributed by atoms with Gasteiger partial charge in [-0.3, -0.25) is 9.59 Å². The Hall–Kier alpha value is -3.37. The highest BCUT2D eigenvalue weighted by Crippen LogP contribution is 2.35. The van der Waals surface area contributed by atoms with Crippen LogP contribution in [0.15, 0.2) is 52.3 Å². The maximum absolute atomic E-state index is 13.0. The van der Waals surface area contributed by atoms with Crippen molar-refractivity contribution in [2.24, 2.45) is 5.14 Å². The molecule has 0 fully saturated rings. The molecule has 4 rings (SSSR count). The van der Waals surface area contributed by atoms with E-state index in [9.17, 15) is 18.0 Å². The number of sulfonamides is 1. The summed E-state index contributed by atoms with van der Waals surface area (Å²) in [5, 5.41) is 8.14. The van der Waals surface area contributed by atoms with Crippen molar-refractivity contribution in [1.82, 2.24) is 9.88 Å². The molecular formula is C20H19N3O6S. The zero-order chi connectivity index (χ0) is 21.5. The highest BCUT2D eigenvalue weighted by atomic mass is 32.2. The van der Waals surface area contributed by atoms with E-state index in [1.54, 1.807) is 28.8 Å². The second-order valence-corrected chi connectivity index (χ2v) is 8.31. The van der Waals surface area contributed by atoms with Gasteiger partial charge in [-0.05, 0) is 30.7 Å². The lowest BCUT2D eigenvalue weighted by atomic mass is 10.1. The zero-order valence-corrected chi connectivity index (χ0v) is 16.9. The molecule has 0 radical (unpaired) electrons. The molecule has 1 amide bonds. The molecule has 2 aromatic carbocycles. The summed E-state index contributed by atoms with van der Waals surface area (Å²) in [5.41, 5.74) is 0.914. The third-order valence-corrected chi connectivity index (χ3v) is 5.79. The van der Waals surface area contributed by atoms with Crippen LogP contribution in [0.2, 0.25) is 0 Å². The minimum absolute atomic E-state index is 0.00405. The van der Waals surface area contributed by atoms with E-state index in [4.69, 9.17) is 14.6 Å². The predicted molar refractivity (Wildman–Crippen MR) is 109 cm³/mol. The third-order valence-electron chi connectivity index (χ3n) is 4.86. The Morgan fingerprint density at radius 2 is 1.83 bits per heavy atom. The number of aromatic nitrogens is 1. The summed E-state index contributed by atoms with van der Waals surface area (Å²) in [6.07, 6.45) is 1.52. The molecule has 0 unspecified atom stereocenters. The van der Waals surface area contributed by atoms with Crippen LogP contribution in [-0.4, -0.2) is 25.7 Å². The van der Waals surface area contributed by atoms with Crippen LogP contribution in [0.5, 0.6) is 11.5 Å². The van der Waals surface area contributed by atoms with Gasteiger partial charge in [0.15, 0.2) is 11.5 Å². The summed E-state index contributed by atoms with van der Waals surface area (Å²) in [6, 6.07) is 9.14. The highest BCUT2D eigenvalue weighted by molar-refractivity contribution is 7.89. The van der Waals surface area contributed by atoms with Crippen LogP contribution in [0.1, 0.15) is 22.8 Å². The summed E-state index contributed by atoms with van der Waals surface area (Å²) >= 11 is 0. The maximum atomic E-state index is 13.0. The lowest BCUT2D eigenvalue weighted by Gasteiger charge is -2.12. The number of amides is 1. The number of carbonyl (C=O) groups is 1. The number of primary sulfonamides is 1. The van der Waals surface area contributed by atoms with Crippen molar-refractivity contribution in [2.75, 3.05) is 6.79 Å². The van der Waals surface area contributed by atoms with Gasteiger partial charge >= 0.3 is 0 Å².